The summed E-state index contributed by atoms with van der Waals surface area (Å²) in [6.45, 7) is 7.72. The van der Waals surface area contributed by atoms with E-state index in [0.29, 0.717) is 0 Å². The van der Waals surface area contributed by atoms with Crippen LogP contribution in [0.2, 0.25) is 0 Å². The third kappa shape index (κ3) is 6.46. The summed E-state index contributed by atoms with van der Waals surface area (Å²) in [6.07, 6.45) is 3.88. The minimum Gasteiger partial charge on any atom is -0.314 e. The quantitative estimate of drug-likeness (QED) is 0.664. The lowest BCUT2D eigenvalue weighted by molar-refractivity contribution is 0.477. The highest BCUT2D eigenvalue weighted by Crippen LogP contribution is 2.15. The van der Waals surface area contributed by atoms with Crippen molar-refractivity contribution < 1.29 is 0 Å². The van der Waals surface area contributed by atoms with E-state index in [1.807, 2.05) is 0 Å². The standard InChI is InChI=1S/C16H27NS/c1-4-16(17-5-2)10-7-11-18-13-15-9-6-8-14(3)12-15/h6,8-9,12,16-17H,4-5,7,10-11,13H2,1-3H3. The summed E-state index contributed by atoms with van der Waals surface area (Å²) in [5.41, 5.74) is 2.82. The first kappa shape index (κ1) is 15.6. The Labute approximate surface area is 117 Å². The Morgan fingerprint density at radius 3 is 2.78 bits per heavy atom. The van der Waals surface area contributed by atoms with Crippen LogP contribution in [0, 0.1) is 6.92 Å². The minimum absolute atomic E-state index is 0.717. The van der Waals surface area contributed by atoms with Crippen molar-refractivity contribution in [1.29, 1.82) is 0 Å². The van der Waals surface area contributed by atoms with Crippen LogP contribution in [0.1, 0.15) is 44.2 Å². The molecule has 0 fully saturated rings. The molecular formula is C16H27NS. The van der Waals surface area contributed by atoms with E-state index in [2.05, 4.69) is 62.1 Å². The summed E-state index contributed by atoms with van der Waals surface area (Å²) in [7, 11) is 0. The van der Waals surface area contributed by atoms with Crippen LogP contribution in [-0.2, 0) is 5.75 Å². The third-order valence-corrected chi connectivity index (χ3v) is 4.29. The Kier molecular flexibility index (Phi) is 8.19. The third-order valence-electron chi connectivity index (χ3n) is 3.18. The number of hydrogen-bond donors (Lipinski definition) is 1. The highest BCUT2D eigenvalue weighted by molar-refractivity contribution is 7.98. The molecule has 1 aromatic carbocycles. The Bertz CT molecular complexity index is 325. The van der Waals surface area contributed by atoms with Gasteiger partial charge in [-0.05, 0) is 44.0 Å². The molecule has 2 heteroatoms. The second kappa shape index (κ2) is 9.46. The molecule has 0 radical (unpaired) electrons. The largest absolute Gasteiger partial charge is 0.314 e. The van der Waals surface area contributed by atoms with E-state index >= 15 is 0 Å². The van der Waals surface area contributed by atoms with Gasteiger partial charge >= 0.3 is 0 Å². The second-order valence-electron chi connectivity index (χ2n) is 4.85. The molecule has 18 heavy (non-hydrogen) atoms. The number of aryl methyl sites for hydroxylation is 1. The predicted octanol–water partition coefficient (Wildman–Crippen LogP) is 4.40. The maximum Gasteiger partial charge on any atom is 0.0184 e. The molecule has 1 rings (SSSR count). The number of nitrogens with one attached hydrogen (secondary N) is 1. The van der Waals surface area contributed by atoms with E-state index in [1.165, 1.54) is 36.1 Å². The predicted molar refractivity (Wildman–Crippen MR) is 84.3 cm³/mol. The first-order chi connectivity index (χ1) is 8.76. The maximum absolute atomic E-state index is 3.54. The lowest BCUT2D eigenvalue weighted by atomic mass is 10.1. The van der Waals surface area contributed by atoms with Crippen LogP contribution in [0.5, 0.6) is 0 Å². The highest BCUT2D eigenvalue weighted by atomic mass is 32.2. The van der Waals surface area contributed by atoms with E-state index in [4.69, 9.17) is 0 Å². The van der Waals surface area contributed by atoms with E-state index in [0.717, 1.165) is 18.3 Å². The van der Waals surface area contributed by atoms with Gasteiger partial charge in [-0.1, -0.05) is 43.7 Å². The molecule has 0 heterocycles. The molecule has 1 unspecified atom stereocenters. The van der Waals surface area contributed by atoms with Crippen molar-refractivity contribution in [2.24, 2.45) is 0 Å². The van der Waals surface area contributed by atoms with Crippen LogP contribution in [-0.4, -0.2) is 18.3 Å². The zero-order valence-corrected chi connectivity index (χ0v) is 12.9. The van der Waals surface area contributed by atoms with Crippen molar-refractivity contribution in [3.8, 4) is 0 Å². The van der Waals surface area contributed by atoms with Gasteiger partial charge in [-0.25, -0.2) is 0 Å². The number of thioether (sulfide) groups is 1. The van der Waals surface area contributed by atoms with Crippen molar-refractivity contribution in [3.05, 3.63) is 35.4 Å². The van der Waals surface area contributed by atoms with Gasteiger partial charge in [0, 0.05) is 11.8 Å². The molecule has 0 saturated carbocycles. The van der Waals surface area contributed by atoms with Gasteiger partial charge in [-0.15, -0.1) is 0 Å². The fourth-order valence-corrected chi connectivity index (χ4v) is 3.09. The van der Waals surface area contributed by atoms with Crippen molar-refractivity contribution >= 4 is 11.8 Å². The van der Waals surface area contributed by atoms with Gasteiger partial charge in [-0.2, -0.15) is 11.8 Å². The van der Waals surface area contributed by atoms with E-state index < -0.39 is 0 Å². The van der Waals surface area contributed by atoms with Gasteiger partial charge in [0.05, 0.1) is 0 Å². The second-order valence-corrected chi connectivity index (χ2v) is 5.95. The van der Waals surface area contributed by atoms with Gasteiger partial charge in [0.2, 0.25) is 0 Å². The lowest BCUT2D eigenvalue weighted by Gasteiger charge is -2.15. The van der Waals surface area contributed by atoms with Crippen molar-refractivity contribution in [1.82, 2.24) is 5.32 Å². The molecule has 1 aromatic rings. The molecule has 1 N–H and O–H groups in total. The zero-order chi connectivity index (χ0) is 13.2. The van der Waals surface area contributed by atoms with E-state index in [-0.39, 0.29) is 0 Å². The average Bonchev–Trinajstić information content (AvgIpc) is 2.37. The maximum atomic E-state index is 3.54. The number of benzene rings is 1. The minimum atomic E-state index is 0.717. The van der Waals surface area contributed by atoms with Crippen molar-refractivity contribution in [2.75, 3.05) is 12.3 Å². The molecule has 0 aliphatic rings. The molecule has 0 amide bonds. The first-order valence-corrected chi connectivity index (χ1v) is 8.28. The first-order valence-electron chi connectivity index (χ1n) is 7.13. The fourth-order valence-electron chi connectivity index (χ4n) is 2.16. The van der Waals surface area contributed by atoms with Crippen molar-refractivity contribution in [2.45, 2.75) is 51.8 Å². The lowest BCUT2D eigenvalue weighted by Crippen LogP contribution is -2.28. The molecule has 0 spiro atoms. The van der Waals surface area contributed by atoms with E-state index in [1.54, 1.807) is 0 Å². The normalized spacial score (nSPS) is 12.6. The van der Waals surface area contributed by atoms with Gasteiger partial charge in [0.1, 0.15) is 0 Å². The summed E-state index contributed by atoms with van der Waals surface area (Å²) >= 11 is 2.06. The summed E-state index contributed by atoms with van der Waals surface area (Å²) in [5.74, 6) is 2.43. The molecule has 1 atom stereocenters. The van der Waals surface area contributed by atoms with Gasteiger partial charge in [0.25, 0.3) is 0 Å². The van der Waals surface area contributed by atoms with Crippen LogP contribution in [0.3, 0.4) is 0 Å². The van der Waals surface area contributed by atoms with Gasteiger partial charge in [0.15, 0.2) is 0 Å². The Balaban J connectivity index is 2.11. The van der Waals surface area contributed by atoms with Crippen LogP contribution in [0.4, 0.5) is 0 Å². The van der Waals surface area contributed by atoms with Gasteiger partial charge in [-0.3, -0.25) is 0 Å². The van der Waals surface area contributed by atoms with Crippen LogP contribution < -0.4 is 5.32 Å². The summed E-state index contributed by atoms with van der Waals surface area (Å²) < 4.78 is 0. The monoisotopic (exact) mass is 265 g/mol. The van der Waals surface area contributed by atoms with Crippen LogP contribution >= 0.6 is 11.8 Å². The molecular weight excluding hydrogens is 238 g/mol. The molecule has 0 aromatic heterocycles. The Morgan fingerprint density at radius 1 is 1.28 bits per heavy atom. The molecule has 0 saturated heterocycles. The topological polar surface area (TPSA) is 12.0 Å². The van der Waals surface area contributed by atoms with Gasteiger partial charge < -0.3 is 5.32 Å². The summed E-state index contributed by atoms with van der Waals surface area (Å²) in [6, 6.07) is 9.56. The Morgan fingerprint density at radius 2 is 2.11 bits per heavy atom. The molecule has 0 aliphatic heterocycles. The summed E-state index contributed by atoms with van der Waals surface area (Å²) in [5, 5.41) is 3.54. The number of hydrogen-bond acceptors (Lipinski definition) is 2. The molecule has 0 bridgehead atoms. The number of rotatable bonds is 9. The molecule has 102 valence electrons. The van der Waals surface area contributed by atoms with E-state index in [9.17, 15) is 0 Å². The fraction of sp³-hybridized carbons (Fsp3) is 0.625. The molecule has 0 aliphatic carbocycles. The van der Waals surface area contributed by atoms with Crippen LogP contribution in [0.25, 0.3) is 0 Å². The van der Waals surface area contributed by atoms with Crippen LogP contribution in [0.15, 0.2) is 24.3 Å². The molecule has 1 nitrogen and oxygen atoms in total. The zero-order valence-electron chi connectivity index (χ0n) is 12.0. The van der Waals surface area contributed by atoms with Crippen molar-refractivity contribution in [3.63, 3.8) is 0 Å². The Hall–Kier alpha value is -0.470. The SMILES string of the molecule is CCNC(CC)CCCSCc1cccc(C)c1. The smallest absolute Gasteiger partial charge is 0.0184 e. The summed E-state index contributed by atoms with van der Waals surface area (Å²) in [4.78, 5) is 0. The highest BCUT2D eigenvalue weighted by Gasteiger charge is 2.03. The average molecular weight is 265 g/mol.